The van der Waals surface area contributed by atoms with Gasteiger partial charge >= 0.3 is 0 Å². The number of aromatic nitrogens is 2. The summed E-state index contributed by atoms with van der Waals surface area (Å²) in [5.74, 6) is 3.18. The molecule has 0 spiro atoms. The molecule has 1 saturated carbocycles. The SMILES string of the molecule is CCNc1nc(C2CCC2)nc(C)c1C(C)C. The van der Waals surface area contributed by atoms with Crippen LogP contribution in [0.4, 0.5) is 5.82 Å². The van der Waals surface area contributed by atoms with Gasteiger partial charge in [-0.1, -0.05) is 20.3 Å². The van der Waals surface area contributed by atoms with E-state index in [4.69, 9.17) is 9.97 Å². The highest BCUT2D eigenvalue weighted by atomic mass is 15.0. The molecule has 2 rings (SSSR count). The van der Waals surface area contributed by atoms with Crippen LogP contribution in [0.5, 0.6) is 0 Å². The molecule has 3 heteroatoms. The van der Waals surface area contributed by atoms with Gasteiger partial charge in [-0.05, 0) is 32.6 Å². The first-order chi connectivity index (χ1) is 8.13. The maximum Gasteiger partial charge on any atom is 0.134 e. The van der Waals surface area contributed by atoms with E-state index in [9.17, 15) is 0 Å². The number of anilines is 1. The summed E-state index contributed by atoms with van der Waals surface area (Å²) in [5.41, 5.74) is 2.42. The lowest BCUT2D eigenvalue weighted by Crippen LogP contribution is -2.17. The van der Waals surface area contributed by atoms with E-state index in [0.29, 0.717) is 11.8 Å². The summed E-state index contributed by atoms with van der Waals surface area (Å²) in [5, 5.41) is 3.39. The lowest BCUT2D eigenvalue weighted by atomic mass is 9.84. The molecule has 0 radical (unpaired) electrons. The molecule has 0 saturated heterocycles. The molecule has 1 heterocycles. The molecule has 1 aliphatic rings. The van der Waals surface area contributed by atoms with Crippen molar-refractivity contribution in [3.05, 3.63) is 17.1 Å². The lowest BCUT2D eigenvalue weighted by Gasteiger charge is -2.26. The molecule has 1 aromatic heterocycles. The summed E-state index contributed by atoms with van der Waals surface area (Å²) >= 11 is 0. The quantitative estimate of drug-likeness (QED) is 0.863. The van der Waals surface area contributed by atoms with Crippen LogP contribution >= 0.6 is 0 Å². The minimum atomic E-state index is 0.472. The molecule has 3 nitrogen and oxygen atoms in total. The van der Waals surface area contributed by atoms with Crippen LogP contribution in [0.25, 0.3) is 0 Å². The van der Waals surface area contributed by atoms with E-state index in [1.807, 2.05) is 0 Å². The maximum atomic E-state index is 4.74. The van der Waals surface area contributed by atoms with Crippen molar-refractivity contribution in [2.45, 2.75) is 58.8 Å². The fraction of sp³-hybridized carbons (Fsp3) is 0.714. The number of rotatable bonds is 4. The van der Waals surface area contributed by atoms with Crippen LogP contribution in [-0.4, -0.2) is 16.5 Å². The summed E-state index contributed by atoms with van der Waals surface area (Å²) in [6.07, 6.45) is 3.84. The standard InChI is InChI=1S/C14H23N3/c1-5-15-14-12(9(2)3)10(4)16-13(17-14)11-7-6-8-11/h9,11H,5-8H2,1-4H3,(H,15,16,17). The molecule has 0 unspecified atom stereocenters. The molecule has 1 N–H and O–H groups in total. The van der Waals surface area contributed by atoms with Gasteiger partial charge in [0.05, 0.1) is 0 Å². The zero-order chi connectivity index (χ0) is 12.4. The van der Waals surface area contributed by atoms with Crippen molar-refractivity contribution in [1.82, 2.24) is 9.97 Å². The molecule has 0 aliphatic heterocycles. The average Bonchev–Trinajstić information content (AvgIpc) is 2.13. The Bertz CT molecular complexity index is 395. The van der Waals surface area contributed by atoms with Gasteiger partial charge in [0.1, 0.15) is 11.6 Å². The Morgan fingerprint density at radius 1 is 1.29 bits per heavy atom. The minimum absolute atomic E-state index is 0.472. The Balaban J connectivity index is 2.39. The second kappa shape index (κ2) is 5.03. The van der Waals surface area contributed by atoms with E-state index in [1.165, 1.54) is 24.8 Å². The van der Waals surface area contributed by atoms with Crippen LogP contribution < -0.4 is 5.32 Å². The predicted molar refractivity (Wildman–Crippen MR) is 71.6 cm³/mol. The van der Waals surface area contributed by atoms with Crippen LogP contribution in [0.15, 0.2) is 0 Å². The topological polar surface area (TPSA) is 37.8 Å². The highest BCUT2D eigenvalue weighted by Crippen LogP contribution is 2.36. The Morgan fingerprint density at radius 3 is 2.47 bits per heavy atom. The van der Waals surface area contributed by atoms with Gasteiger partial charge in [-0.3, -0.25) is 0 Å². The van der Waals surface area contributed by atoms with Crippen molar-refractivity contribution in [3.8, 4) is 0 Å². The number of hydrogen-bond acceptors (Lipinski definition) is 3. The number of nitrogens with zero attached hydrogens (tertiary/aromatic N) is 2. The van der Waals surface area contributed by atoms with Crippen molar-refractivity contribution in [2.75, 3.05) is 11.9 Å². The van der Waals surface area contributed by atoms with E-state index in [2.05, 4.69) is 33.0 Å². The van der Waals surface area contributed by atoms with Crippen LogP contribution in [0.1, 0.15) is 69.0 Å². The summed E-state index contributed by atoms with van der Waals surface area (Å²) < 4.78 is 0. The fourth-order valence-electron chi connectivity index (χ4n) is 2.45. The molecular weight excluding hydrogens is 210 g/mol. The number of hydrogen-bond donors (Lipinski definition) is 1. The van der Waals surface area contributed by atoms with Crippen molar-refractivity contribution in [3.63, 3.8) is 0 Å². The molecule has 0 bridgehead atoms. The van der Waals surface area contributed by atoms with E-state index in [0.717, 1.165) is 23.9 Å². The van der Waals surface area contributed by atoms with E-state index < -0.39 is 0 Å². The van der Waals surface area contributed by atoms with Gasteiger partial charge in [-0.2, -0.15) is 0 Å². The van der Waals surface area contributed by atoms with Crippen molar-refractivity contribution in [1.29, 1.82) is 0 Å². The molecular formula is C14H23N3. The second-order valence-corrected chi connectivity index (χ2v) is 5.24. The van der Waals surface area contributed by atoms with Gasteiger partial charge in [-0.15, -0.1) is 0 Å². The molecule has 0 aromatic carbocycles. The van der Waals surface area contributed by atoms with E-state index >= 15 is 0 Å². The first kappa shape index (κ1) is 12.3. The monoisotopic (exact) mass is 233 g/mol. The van der Waals surface area contributed by atoms with Crippen LogP contribution in [-0.2, 0) is 0 Å². The van der Waals surface area contributed by atoms with E-state index in [-0.39, 0.29) is 0 Å². The van der Waals surface area contributed by atoms with Crippen LogP contribution in [0, 0.1) is 6.92 Å². The molecule has 17 heavy (non-hydrogen) atoms. The zero-order valence-electron chi connectivity index (χ0n) is 11.4. The Kier molecular flexibility index (Phi) is 3.65. The van der Waals surface area contributed by atoms with Gasteiger partial charge in [0.15, 0.2) is 0 Å². The van der Waals surface area contributed by atoms with Gasteiger partial charge in [0, 0.05) is 23.7 Å². The minimum Gasteiger partial charge on any atom is -0.370 e. The molecule has 1 aromatic rings. The predicted octanol–water partition coefficient (Wildman–Crippen LogP) is 3.61. The largest absolute Gasteiger partial charge is 0.370 e. The Hall–Kier alpha value is -1.12. The van der Waals surface area contributed by atoms with Crippen molar-refractivity contribution in [2.24, 2.45) is 0 Å². The van der Waals surface area contributed by atoms with Gasteiger partial charge in [0.2, 0.25) is 0 Å². The van der Waals surface area contributed by atoms with E-state index in [1.54, 1.807) is 0 Å². The fourth-order valence-corrected chi connectivity index (χ4v) is 2.45. The highest BCUT2D eigenvalue weighted by Gasteiger charge is 2.24. The van der Waals surface area contributed by atoms with Crippen LogP contribution in [0.3, 0.4) is 0 Å². The third-order valence-corrected chi connectivity index (χ3v) is 3.55. The van der Waals surface area contributed by atoms with Gasteiger partial charge in [0.25, 0.3) is 0 Å². The summed E-state index contributed by atoms with van der Waals surface area (Å²) in [4.78, 5) is 9.45. The summed E-state index contributed by atoms with van der Waals surface area (Å²) in [6.45, 7) is 9.55. The van der Waals surface area contributed by atoms with Crippen molar-refractivity contribution >= 4 is 5.82 Å². The highest BCUT2D eigenvalue weighted by molar-refractivity contribution is 5.48. The molecule has 1 aliphatic carbocycles. The molecule has 0 amide bonds. The normalized spacial score (nSPS) is 16.1. The Morgan fingerprint density at radius 2 is 2.00 bits per heavy atom. The lowest BCUT2D eigenvalue weighted by molar-refractivity contribution is 0.400. The molecule has 1 fully saturated rings. The first-order valence-corrected chi connectivity index (χ1v) is 6.75. The summed E-state index contributed by atoms with van der Waals surface area (Å²) in [7, 11) is 0. The molecule has 0 atom stereocenters. The smallest absolute Gasteiger partial charge is 0.134 e. The third-order valence-electron chi connectivity index (χ3n) is 3.55. The van der Waals surface area contributed by atoms with Crippen LogP contribution in [0.2, 0.25) is 0 Å². The maximum absolute atomic E-state index is 4.74. The summed E-state index contributed by atoms with van der Waals surface area (Å²) in [6, 6.07) is 0. The van der Waals surface area contributed by atoms with Crippen molar-refractivity contribution < 1.29 is 0 Å². The zero-order valence-corrected chi connectivity index (χ0v) is 11.4. The van der Waals surface area contributed by atoms with Gasteiger partial charge < -0.3 is 5.32 Å². The number of aryl methyl sites for hydroxylation is 1. The average molecular weight is 233 g/mol. The third kappa shape index (κ3) is 2.43. The van der Waals surface area contributed by atoms with Gasteiger partial charge in [-0.25, -0.2) is 9.97 Å². The second-order valence-electron chi connectivity index (χ2n) is 5.24. The number of nitrogens with one attached hydrogen (secondary N) is 1. The Labute approximate surface area is 104 Å². The molecule has 94 valence electrons. The first-order valence-electron chi connectivity index (χ1n) is 6.75.